The van der Waals surface area contributed by atoms with Crippen molar-refractivity contribution >= 4 is 28.7 Å². The quantitative estimate of drug-likeness (QED) is 0.673. The highest BCUT2D eigenvalue weighted by molar-refractivity contribution is 7.99. The van der Waals surface area contributed by atoms with E-state index in [9.17, 15) is 4.79 Å². The van der Waals surface area contributed by atoms with Crippen LogP contribution in [0.2, 0.25) is 0 Å². The lowest BCUT2D eigenvalue weighted by Crippen LogP contribution is -2.28. The lowest BCUT2D eigenvalue weighted by atomic mass is 10.1. The van der Waals surface area contributed by atoms with E-state index in [1.54, 1.807) is 7.11 Å². The summed E-state index contributed by atoms with van der Waals surface area (Å²) in [6.07, 6.45) is 0. The Bertz CT molecular complexity index is 814. The summed E-state index contributed by atoms with van der Waals surface area (Å²) < 4.78 is 5.34. The molecule has 5 nitrogen and oxygen atoms in total. The number of amides is 1. The Hall–Kier alpha value is -2.47. The van der Waals surface area contributed by atoms with E-state index in [2.05, 4.69) is 15.3 Å². The third-order valence-corrected chi connectivity index (χ3v) is 4.56. The standard InChI is InChI=1S/C18H19N3O2S/c1-12(13-7-3-6-10-16(13)23-2)19-17(22)11-24-18-20-14-8-4-5-9-15(14)21-18/h3-10,12H,11H2,1-2H3,(H,19,22)(H,20,21). The first-order valence-electron chi connectivity index (χ1n) is 7.67. The van der Waals surface area contributed by atoms with Crippen LogP contribution >= 0.6 is 11.8 Å². The number of imidazole rings is 1. The average Bonchev–Trinajstić information content (AvgIpc) is 3.03. The van der Waals surface area contributed by atoms with Crippen molar-refractivity contribution in [3.63, 3.8) is 0 Å². The minimum atomic E-state index is -0.120. The molecule has 0 spiro atoms. The van der Waals surface area contributed by atoms with E-state index in [1.807, 2.05) is 55.5 Å². The number of ether oxygens (including phenoxy) is 1. The van der Waals surface area contributed by atoms with E-state index >= 15 is 0 Å². The van der Waals surface area contributed by atoms with Crippen LogP contribution in [0.25, 0.3) is 11.0 Å². The molecule has 0 aliphatic heterocycles. The smallest absolute Gasteiger partial charge is 0.230 e. The number of carbonyl (C=O) groups is 1. The number of hydrogen-bond donors (Lipinski definition) is 2. The fourth-order valence-corrected chi connectivity index (χ4v) is 3.21. The molecule has 1 unspecified atom stereocenters. The summed E-state index contributed by atoms with van der Waals surface area (Å²) in [6, 6.07) is 15.4. The largest absolute Gasteiger partial charge is 0.496 e. The molecule has 3 rings (SSSR count). The van der Waals surface area contributed by atoms with E-state index < -0.39 is 0 Å². The molecule has 2 N–H and O–H groups in total. The summed E-state index contributed by atoms with van der Waals surface area (Å²) in [7, 11) is 1.63. The summed E-state index contributed by atoms with van der Waals surface area (Å²) in [6.45, 7) is 1.95. The summed E-state index contributed by atoms with van der Waals surface area (Å²) in [5.74, 6) is 1.04. The second-order valence-electron chi connectivity index (χ2n) is 5.38. The van der Waals surface area contributed by atoms with Gasteiger partial charge in [0.05, 0.1) is 29.9 Å². The molecule has 0 aliphatic carbocycles. The highest BCUT2D eigenvalue weighted by Crippen LogP contribution is 2.24. The van der Waals surface area contributed by atoms with Crippen LogP contribution in [-0.2, 0) is 4.79 Å². The maximum Gasteiger partial charge on any atom is 0.230 e. The second-order valence-corrected chi connectivity index (χ2v) is 6.34. The van der Waals surface area contributed by atoms with Crippen molar-refractivity contribution in [3.05, 3.63) is 54.1 Å². The van der Waals surface area contributed by atoms with E-state index in [4.69, 9.17) is 4.74 Å². The first kappa shape index (κ1) is 16.4. The van der Waals surface area contributed by atoms with Crippen molar-refractivity contribution in [1.29, 1.82) is 0 Å². The fourth-order valence-electron chi connectivity index (χ4n) is 2.52. The number of aromatic amines is 1. The van der Waals surface area contributed by atoms with Gasteiger partial charge in [0.25, 0.3) is 0 Å². The monoisotopic (exact) mass is 341 g/mol. The van der Waals surface area contributed by atoms with Gasteiger partial charge in [-0.05, 0) is 25.1 Å². The molecule has 0 aliphatic rings. The summed E-state index contributed by atoms with van der Waals surface area (Å²) >= 11 is 1.39. The molecule has 0 saturated heterocycles. The molecule has 1 aromatic heterocycles. The van der Waals surface area contributed by atoms with Gasteiger partial charge in [0.2, 0.25) is 5.91 Å². The first-order chi connectivity index (χ1) is 11.7. The fraction of sp³-hybridized carbons (Fsp3) is 0.222. The Morgan fingerprint density at radius 2 is 2.00 bits per heavy atom. The lowest BCUT2D eigenvalue weighted by Gasteiger charge is -2.16. The number of carbonyl (C=O) groups excluding carboxylic acids is 1. The van der Waals surface area contributed by atoms with Crippen molar-refractivity contribution in [1.82, 2.24) is 15.3 Å². The van der Waals surface area contributed by atoms with Gasteiger partial charge >= 0.3 is 0 Å². The van der Waals surface area contributed by atoms with Gasteiger partial charge in [-0.2, -0.15) is 0 Å². The number of aromatic nitrogens is 2. The topological polar surface area (TPSA) is 67.0 Å². The highest BCUT2D eigenvalue weighted by atomic mass is 32.2. The van der Waals surface area contributed by atoms with E-state index in [-0.39, 0.29) is 11.9 Å². The van der Waals surface area contributed by atoms with Gasteiger partial charge in [0.1, 0.15) is 5.75 Å². The van der Waals surface area contributed by atoms with Crippen molar-refractivity contribution in [2.75, 3.05) is 12.9 Å². The van der Waals surface area contributed by atoms with Gasteiger partial charge in [-0.1, -0.05) is 42.1 Å². The van der Waals surface area contributed by atoms with Crippen LogP contribution in [0.5, 0.6) is 5.75 Å². The zero-order chi connectivity index (χ0) is 16.9. The Labute approximate surface area is 144 Å². The number of methoxy groups -OCH3 is 1. The highest BCUT2D eigenvalue weighted by Gasteiger charge is 2.14. The molecule has 0 bridgehead atoms. The Morgan fingerprint density at radius 3 is 2.79 bits per heavy atom. The number of fused-ring (bicyclic) bond motifs is 1. The molecule has 1 atom stereocenters. The molecule has 0 saturated carbocycles. The zero-order valence-electron chi connectivity index (χ0n) is 13.6. The van der Waals surface area contributed by atoms with Crippen LogP contribution in [0, 0.1) is 0 Å². The molecule has 0 fully saturated rings. The summed E-state index contributed by atoms with van der Waals surface area (Å²) in [5, 5.41) is 3.74. The number of para-hydroxylation sites is 3. The number of thioether (sulfide) groups is 1. The predicted octanol–water partition coefficient (Wildman–Crippen LogP) is 3.54. The van der Waals surface area contributed by atoms with Gasteiger partial charge in [-0.25, -0.2) is 4.98 Å². The number of H-pyrrole nitrogens is 1. The molecule has 124 valence electrons. The van der Waals surface area contributed by atoms with Gasteiger partial charge < -0.3 is 15.0 Å². The first-order valence-corrected chi connectivity index (χ1v) is 8.66. The average molecular weight is 341 g/mol. The van der Waals surface area contributed by atoms with E-state index in [1.165, 1.54) is 11.8 Å². The van der Waals surface area contributed by atoms with Crippen molar-refractivity contribution < 1.29 is 9.53 Å². The van der Waals surface area contributed by atoms with Gasteiger partial charge in [0, 0.05) is 5.56 Å². The Morgan fingerprint density at radius 1 is 1.25 bits per heavy atom. The molecule has 1 amide bonds. The second kappa shape index (κ2) is 7.40. The van der Waals surface area contributed by atoms with Crippen LogP contribution in [0.1, 0.15) is 18.5 Å². The third-order valence-electron chi connectivity index (χ3n) is 3.69. The number of benzene rings is 2. The van der Waals surface area contributed by atoms with Gasteiger partial charge in [-0.15, -0.1) is 0 Å². The number of nitrogens with one attached hydrogen (secondary N) is 2. The van der Waals surface area contributed by atoms with Gasteiger partial charge in [0.15, 0.2) is 5.16 Å². The minimum Gasteiger partial charge on any atom is -0.496 e. The summed E-state index contributed by atoms with van der Waals surface area (Å²) in [5.41, 5.74) is 2.84. The lowest BCUT2D eigenvalue weighted by molar-refractivity contribution is -0.119. The van der Waals surface area contributed by atoms with Crippen LogP contribution in [0.4, 0.5) is 0 Å². The molecule has 24 heavy (non-hydrogen) atoms. The number of hydrogen-bond acceptors (Lipinski definition) is 4. The van der Waals surface area contributed by atoms with Crippen LogP contribution in [-0.4, -0.2) is 28.7 Å². The van der Waals surface area contributed by atoms with Crippen LogP contribution in [0.15, 0.2) is 53.7 Å². The molecular formula is C18H19N3O2S. The van der Waals surface area contributed by atoms with Crippen molar-refractivity contribution in [2.24, 2.45) is 0 Å². The molecule has 1 heterocycles. The van der Waals surface area contributed by atoms with E-state index in [0.29, 0.717) is 5.75 Å². The zero-order valence-corrected chi connectivity index (χ0v) is 14.4. The molecule has 6 heteroatoms. The third kappa shape index (κ3) is 3.71. The van der Waals surface area contributed by atoms with Crippen LogP contribution < -0.4 is 10.1 Å². The molecule has 0 radical (unpaired) electrons. The van der Waals surface area contributed by atoms with Crippen molar-refractivity contribution in [2.45, 2.75) is 18.1 Å². The Kier molecular flexibility index (Phi) is 5.05. The number of nitrogens with zero attached hydrogens (tertiary/aromatic N) is 1. The normalized spacial score (nSPS) is 12.1. The van der Waals surface area contributed by atoms with E-state index in [0.717, 1.165) is 27.5 Å². The number of rotatable bonds is 6. The van der Waals surface area contributed by atoms with Crippen LogP contribution in [0.3, 0.4) is 0 Å². The SMILES string of the molecule is COc1ccccc1C(C)NC(=O)CSc1nc2ccccc2[nH]1. The molecule has 2 aromatic carbocycles. The van der Waals surface area contributed by atoms with Gasteiger partial charge in [-0.3, -0.25) is 4.79 Å². The summed E-state index contributed by atoms with van der Waals surface area (Å²) in [4.78, 5) is 19.9. The molecule has 3 aromatic rings. The minimum absolute atomic E-state index is 0.0427. The van der Waals surface area contributed by atoms with Crippen molar-refractivity contribution in [3.8, 4) is 5.75 Å². The maximum absolute atomic E-state index is 12.2. The predicted molar refractivity (Wildman–Crippen MR) is 96.4 cm³/mol. The molecular weight excluding hydrogens is 322 g/mol. The maximum atomic E-state index is 12.2. The Balaban J connectivity index is 1.59.